The van der Waals surface area contributed by atoms with Crippen LogP contribution in [0.25, 0.3) is 0 Å². The largest absolute Gasteiger partial charge is 0.300 e. The molecule has 1 saturated heterocycles. The first kappa shape index (κ1) is 14.0. The van der Waals surface area contributed by atoms with Crippen LogP contribution in [0, 0.1) is 5.92 Å². The molecule has 16 heavy (non-hydrogen) atoms. The lowest BCUT2D eigenvalue weighted by molar-refractivity contribution is -0.120. The minimum absolute atomic E-state index is 0.138. The van der Waals surface area contributed by atoms with Crippen molar-refractivity contribution in [1.29, 1.82) is 0 Å². The molecule has 1 aliphatic rings. The first-order valence-electron chi connectivity index (χ1n) is 5.74. The molecule has 0 aromatic rings. The molecule has 0 aliphatic carbocycles. The Morgan fingerprint density at radius 1 is 1.31 bits per heavy atom. The van der Waals surface area contributed by atoms with Crippen molar-refractivity contribution in [1.82, 2.24) is 0 Å². The summed E-state index contributed by atoms with van der Waals surface area (Å²) in [5, 5.41) is 0. The van der Waals surface area contributed by atoms with Gasteiger partial charge in [-0.3, -0.25) is 4.79 Å². The highest BCUT2D eigenvalue weighted by atomic mass is 32.2. The normalized spacial score (nSPS) is 18.6. The lowest BCUT2D eigenvalue weighted by Crippen LogP contribution is -2.15. The Morgan fingerprint density at radius 3 is 2.50 bits per heavy atom. The van der Waals surface area contributed by atoms with Gasteiger partial charge in [-0.25, -0.2) is 8.42 Å². The minimum Gasteiger partial charge on any atom is -0.300 e. The average molecular weight is 264 g/mol. The first-order chi connectivity index (χ1) is 7.47. The van der Waals surface area contributed by atoms with Gasteiger partial charge < -0.3 is 0 Å². The van der Waals surface area contributed by atoms with Gasteiger partial charge in [0.1, 0.15) is 15.6 Å². The van der Waals surface area contributed by atoms with E-state index in [1.807, 2.05) is 11.8 Å². The van der Waals surface area contributed by atoms with E-state index in [-0.39, 0.29) is 11.5 Å². The monoisotopic (exact) mass is 264 g/mol. The number of thioether (sulfide) groups is 1. The molecule has 0 amide bonds. The fourth-order valence-electron chi connectivity index (χ4n) is 1.91. The van der Waals surface area contributed by atoms with Crippen LogP contribution < -0.4 is 0 Å². The summed E-state index contributed by atoms with van der Waals surface area (Å²) in [7, 11) is -2.91. The van der Waals surface area contributed by atoms with Gasteiger partial charge in [0.15, 0.2) is 0 Å². The summed E-state index contributed by atoms with van der Waals surface area (Å²) in [4.78, 5) is 11.6. The SMILES string of the molecule is CS(=O)(=O)CCCC(=O)CC1CCSCC1. The van der Waals surface area contributed by atoms with Crippen LogP contribution in [0.2, 0.25) is 0 Å². The molecule has 1 fully saturated rings. The van der Waals surface area contributed by atoms with Crippen LogP contribution >= 0.6 is 11.8 Å². The minimum atomic E-state index is -2.91. The van der Waals surface area contributed by atoms with Crippen molar-refractivity contribution in [2.75, 3.05) is 23.5 Å². The topological polar surface area (TPSA) is 51.2 Å². The molecule has 0 bridgehead atoms. The van der Waals surface area contributed by atoms with E-state index >= 15 is 0 Å². The molecule has 0 aromatic heterocycles. The highest BCUT2D eigenvalue weighted by Crippen LogP contribution is 2.25. The number of ketones is 1. The van der Waals surface area contributed by atoms with Crippen LogP contribution in [0.1, 0.15) is 32.1 Å². The van der Waals surface area contributed by atoms with E-state index in [4.69, 9.17) is 0 Å². The van der Waals surface area contributed by atoms with Gasteiger partial charge in [0.25, 0.3) is 0 Å². The number of rotatable bonds is 6. The molecule has 0 unspecified atom stereocenters. The zero-order valence-electron chi connectivity index (χ0n) is 9.78. The standard InChI is InChI=1S/C11H20O3S2/c1-16(13,14)8-2-3-11(12)9-10-4-6-15-7-5-10/h10H,2-9H2,1H3. The van der Waals surface area contributed by atoms with Gasteiger partial charge in [-0.15, -0.1) is 0 Å². The summed E-state index contributed by atoms with van der Waals surface area (Å²) in [6.45, 7) is 0. The van der Waals surface area contributed by atoms with E-state index in [9.17, 15) is 13.2 Å². The molecule has 1 heterocycles. The van der Waals surface area contributed by atoms with Crippen LogP contribution in [0.5, 0.6) is 0 Å². The number of hydrogen-bond donors (Lipinski definition) is 0. The molecular weight excluding hydrogens is 244 g/mol. The van der Waals surface area contributed by atoms with Crippen molar-refractivity contribution in [2.24, 2.45) is 5.92 Å². The third-order valence-electron chi connectivity index (χ3n) is 2.83. The Labute approximate surface area is 102 Å². The highest BCUT2D eigenvalue weighted by Gasteiger charge is 2.17. The molecule has 94 valence electrons. The van der Waals surface area contributed by atoms with E-state index in [0.29, 0.717) is 25.2 Å². The van der Waals surface area contributed by atoms with Crippen LogP contribution in [0.15, 0.2) is 0 Å². The van der Waals surface area contributed by atoms with Crippen molar-refractivity contribution in [3.63, 3.8) is 0 Å². The molecule has 0 aromatic carbocycles. The summed E-state index contributed by atoms with van der Waals surface area (Å²) >= 11 is 1.96. The highest BCUT2D eigenvalue weighted by molar-refractivity contribution is 7.99. The molecule has 0 radical (unpaired) electrons. The summed E-state index contributed by atoms with van der Waals surface area (Å²) < 4.78 is 21.8. The molecule has 0 saturated carbocycles. The smallest absolute Gasteiger partial charge is 0.147 e. The Morgan fingerprint density at radius 2 is 1.94 bits per heavy atom. The van der Waals surface area contributed by atoms with Gasteiger partial charge in [-0.05, 0) is 36.7 Å². The zero-order valence-corrected chi connectivity index (χ0v) is 11.4. The molecule has 1 rings (SSSR count). The van der Waals surface area contributed by atoms with Crippen LogP contribution in [0.3, 0.4) is 0 Å². The summed E-state index contributed by atoms with van der Waals surface area (Å²) in [5.41, 5.74) is 0. The van der Waals surface area contributed by atoms with E-state index < -0.39 is 9.84 Å². The maximum absolute atomic E-state index is 11.6. The van der Waals surface area contributed by atoms with Gasteiger partial charge in [-0.1, -0.05) is 0 Å². The van der Waals surface area contributed by atoms with E-state index in [2.05, 4.69) is 0 Å². The fourth-order valence-corrected chi connectivity index (χ4v) is 3.78. The van der Waals surface area contributed by atoms with Crippen LogP contribution in [0.4, 0.5) is 0 Å². The van der Waals surface area contributed by atoms with Crippen molar-refractivity contribution < 1.29 is 13.2 Å². The molecule has 3 nitrogen and oxygen atoms in total. The van der Waals surface area contributed by atoms with Crippen LogP contribution in [-0.2, 0) is 14.6 Å². The van der Waals surface area contributed by atoms with Crippen molar-refractivity contribution in [3.05, 3.63) is 0 Å². The van der Waals surface area contributed by atoms with Gasteiger partial charge in [0.05, 0.1) is 5.75 Å². The van der Waals surface area contributed by atoms with E-state index in [1.54, 1.807) is 0 Å². The second-order valence-corrected chi connectivity index (χ2v) is 8.02. The first-order valence-corrected chi connectivity index (χ1v) is 8.96. The Hall–Kier alpha value is -0.0300. The number of hydrogen-bond acceptors (Lipinski definition) is 4. The Bertz CT molecular complexity index is 316. The Balaban J connectivity index is 2.15. The zero-order chi connectivity index (χ0) is 12.0. The summed E-state index contributed by atoms with van der Waals surface area (Å²) in [6, 6.07) is 0. The maximum atomic E-state index is 11.6. The second kappa shape index (κ2) is 6.64. The molecule has 1 aliphatic heterocycles. The predicted octanol–water partition coefficient (Wildman–Crippen LogP) is 1.91. The maximum Gasteiger partial charge on any atom is 0.147 e. The Kier molecular flexibility index (Phi) is 5.83. The van der Waals surface area contributed by atoms with Crippen molar-refractivity contribution in [3.8, 4) is 0 Å². The molecule has 0 N–H and O–H groups in total. The molecular formula is C11H20O3S2. The van der Waals surface area contributed by atoms with Gasteiger partial charge in [0.2, 0.25) is 0 Å². The van der Waals surface area contributed by atoms with Gasteiger partial charge in [0, 0.05) is 19.1 Å². The second-order valence-electron chi connectivity index (χ2n) is 4.53. The lowest BCUT2D eigenvalue weighted by atomic mass is 9.95. The van der Waals surface area contributed by atoms with Crippen LogP contribution in [-0.4, -0.2) is 37.7 Å². The predicted molar refractivity (Wildman–Crippen MR) is 68.6 cm³/mol. The van der Waals surface area contributed by atoms with Gasteiger partial charge in [-0.2, -0.15) is 11.8 Å². The molecule has 0 atom stereocenters. The average Bonchev–Trinajstić information content (AvgIpc) is 2.17. The van der Waals surface area contributed by atoms with Crippen molar-refractivity contribution in [2.45, 2.75) is 32.1 Å². The summed E-state index contributed by atoms with van der Waals surface area (Å²) in [5.74, 6) is 3.26. The third kappa shape index (κ3) is 6.53. The fraction of sp³-hybridized carbons (Fsp3) is 0.909. The van der Waals surface area contributed by atoms with E-state index in [0.717, 1.165) is 12.8 Å². The summed E-state index contributed by atoms with van der Waals surface area (Å²) in [6.07, 6.45) is 5.07. The number of carbonyl (C=O) groups is 1. The van der Waals surface area contributed by atoms with Crippen molar-refractivity contribution >= 4 is 27.4 Å². The molecule has 0 spiro atoms. The molecule has 5 heteroatoms. The number of sulfone groups is 1. The number of carbonyl (C=O) groups excluding carboxylic acids is 1. The third-order valence-corrected chi connectivity index (χ3v) is 4.91. The quantitative estimate of drug-likeness (QED) is 0.735. The number of Topliss-reactive ketones (excluding diaryl/α,β-unsaturated/α-hetero) is 1. The van der Waals surface area contributed by atoms with E-state index in [1.165, 1.54) is 17.8 Å². The van der Waals surface area contributed by atoms with Gasteiger partial charge >= 0.3 is 0 Å². The lowest BCUT2D eigenvalue weighted by Gasteiger charge is -2.20.